The summed E-state index contributed by atoms with van der Waals surface area (Å²) in [7, 11) is -6.18. The number of benzene rings is 4. The third-order valence-electron chi connectivity index (χ3n) is 11.4. The minimum absolute atomic E-state index is 0.0504. The zero-order valence-electron chi connectivity index (χ0n) is 37.7. The Morgan fingerprint density at radius 2 is 0.806 bits per heavy atom. The van der Waals surface area contributed by atoms with Gasteiger partial charge in [-0.2, -0.15) is 0 Å². The van der Waals surface area contributed by atoms with Crippen molar-refractivity contribution >= 4 is 31.5 Å². The van der Waals surface area contributed by atoms with Gasteiger partial charge in [0.05, 0.1) is 46.4 Å². The van der Waals surface area contributed by atoms with Crippen molar-refractivity contribution in [1.82, 2.24) is 9.80 Å². The molecule has 6 rings (SSSR count). The van der Waals surface area contributed by atoms with Crippen LogP contribution in [0.15, 0.2) is 97.1 Å². The summed E-state index contributed by atoms with van der Waals surface area (Å²) in [5.41, 5.74) is 7.68. The molecule has 12 heteroatoms. The highest BCUT2D eigenvalue weighted by Crippen LogP contribution is 2.20. The number of morpholine rings is 2. The Morgan fingerprint density at radius 3 is 1.18 bits per heavy atom. The van der Waals surface area contributed by atoms with Gasteiger partial charge in [0.15, 0.2) is 19.7 Å². The molecule has 0 bridgehead atoms. The van der Waals surface area contributed by atoms with Gasteiger partial charge in [-0.15, -0.1) is 0 Å². The van der Waals surface area contributed by atoms with Crippen LogP contribution in [0.3, 0.4) is 0 Å². The Morgan fingerprint density at radius 1 is 0.484 bits per heavy atom. The van der Waals surface area contributed by atoms with Crippen LogP contribution in [-0.4, -0.2) is 99.5 Å². The van der Waals surface area contributed by atoms with Gasteiger partial charge in [0.25, 0.3) is 11.8 Å². The molecule has 2 amide bonds. The number of ether oxygens (including phenoxy) is 2. The first-order valence-electron chi connectivity index (χ1n) is 21.9. The van der Waals surface area contributed by atoms with Crippen molar-refractivity contribution in [3.05, 3.63) is 142 Å². The average Bonchev–Trinajstić information content (AvgIpc) is 3.22. The fourth-order valence-electron chi connectivity index (χ4n) is 7.71. The molecule has 2 aliphatic rings. The maximum Gasteiger partial charge on any atom is 0.254 e. The van der Waals surface area contributed by atoms with Gasteiger partial charge >= 0.3 is 0 Å². The fraction of sp³-hybridized carbons (Fsp3) is 0.480. The van der Waals surface area contributed by atoms with Crippen molar-refractivity contribution in [2.24, 2.45) is 0 Å². The van der Waals surface area contributed by atoms with E-state index in [0.29, 0.717) is 37.3 Å². The minimum atomic E-state index is -3.09. The quantitative estimate of drug-likeness (QED) is 0.124. The summed E-state index contributed by atoms with van der Waals surface area (Å²) in [5.74, 6) is 0.273. The predicted molar refractivity (Wildman–Crippen MR) is 248 cm³/mol. The second-order valence-electron chi connectivity index (χ2n) is 17.7. The first-order valence-corrected chi connectivity index (χ1v) is 25.4. The van der Waals surface area contributed by atoms with Gasteiger partial charge < -0.3 is 19.3 Å². The highest BCUT2D eigenvalue weighted by molar-refractivity contribution is 7.91. The standard InChI is InChI=1S/2C25H33NO4S/c1-18(2)31(28,29)17-23-9-7-21(8-10-23)5-6-22-11-13-24(14-12-22)25(27)26-15-19(3)30-20(4)16-26;1-18(2)31(28,29)17-23-12-9-21(10-13-23)8-11-22-6-5-7-24(14-22)25(27)26-15-19(3)30-20(4)16-26/h7-14,18-20H,5-6,15-17H2,1-4H3;5-7,9-10,12-14,18-20H,8,11,15-17H2,1-4H3/t2*19-,20+. The van der Waals surface area contributed by atoms with Crippen molar-refractivity contribution in [2.45, 2.75) is 127 Å². The largest absolute Gasteiger partial charge is 0.372 e. The number of hydrogen-bond acceptors (Lipinski definition) is 8. The molecule has 4 aromatic carbocycles. The van der Waals surface area contributed by atoms with Gasteiger partial charge in [-0.1, -0.05) is 72.8 Å². The average molecular weight is 887 g/mol. The van der Waals surface area contributed by atoms with Crippen LogP contribution in [0.25, 0.3) is 0 Å². The van der Waals surface area contributed by atoms with Gasteiger partial charge in [-0.05, 0) is 139 Å². The van der Waals surface area contributed by atoms with E-state index in [1.54, 1.807) is 27.7 Å². The summed E-state index contributed by atoms with van der Waals surface area (Å²) >= 11 is 0. The normalized spacial score (nSPS) is 19.6. The van der Waals surface area contributed by atoms with Crippen LogP contribution in [-0.2, 0) is 66.3 Å². The van der Waals surface area contributed by atoms with Gasteiger partial charge in [0.2, 0.25) is 0 Å². The van der Waals surface area contributed by atoms with E-state index < -0.39 is 19.7 Å². The molecule has 62 heavy (non-hydrogen) atoms. The van der Waals surface area contributed by atoms with Crippen LogP contribution in [0, 0.1) is 0 Å². The van der Waals surface area contributed by atoms with Crippen molar-refractivity contribution in [1.29, 1.82) is 0 Å². The number of aryl methyl sites for hydroxylation is 4. The maximum atomic E-state index is 12.9. The first kappa shape index (κ1) is 48.7. The number of amides is 2. The molecular weight excluding hydrogens is 821 g/mol. The van der Waals surface area contributed by atoms with Crippen LogP contribution < -0.4 is 0 Å². The van der Waals surface area contributed by atoms with E-state index in [1.165, 1.54) is 11.1 Å². The van der Waals surface area contributed by atoms with E-state index in [4.69, 9.17) is 9.47 Å². The molecule has 2 heterocycles. The fourth-order valence-corrected chi connectivity index (χ4v) is 9.69. The van der Waals surface area contributed by atoms with Crippen molar-refractivity contribution in [2.75, 3.05) is 26.2 Å². The van der Waals surface area contributed by atoms with Gasteiger partial charge in [-0.25, -0.2) is 16.8 Å². The highest BCUT2D eigenvalue weighted by Gasteiger charge is 2.28. The summed E-state index contributed by atoms with van der Waals surface area (Å²) in [6.45, 7) is 17.3. The zero-order valence-corrected chi connectivity index (χ0v) is 39.4. The maximum absolute atomic E-state index is 12.9. The lowest BCUT2D eigenvalue weighted by atomic mass is 10.0. The van der Waals surface area contributed by atoms with Crippen molar-refractivity contribution in [3.63, 3.8) is 0 Å². The summed E-state index contributed by atoms with van der Waals surface area (Å²) in [5, 5.41) is -0.733. The molecule has 0 saturated carbocycles. The molecule has 336 valence electrons. The Balaban J connectivity index is 0.000000234. The molecule has 4 aromatic rings. The molecule has 0 radical (unpaired) electrons. The molecule has 0 aliphatic carbocycles. The zero-order chi connectivity index (χ0) is 45.2. The highest BCUT2D eigenvalue weighted by atomic mass is 32.2. The Hall–Kier alpha value is -4.36. The SMILES string of the molecule is CC(C)S(=O)(=O)Cc1ccc(CCc2ccc(C(=O)N3C[C@@H](C)O[C@@H](C)C3)cc2)cc1.CC(C)S(=O)(=O)Cc1ccc(CCc2cccc(C(=O)N3C[C@@H](C)O[C@@H](C)C3)c2)cc1. The summed E-state index contributed by atoms with van der Waals surface area (Å²) in [4.78, 5) is 29.5. The van der Waals surface area contributed by atoms with Gasteiger partial charge in [0, 0.05) is 37.3 Å². The lowest BCUT2D eigenvalue weighted by molar-refractivity contribution is -0.0586. The van der Waals surface area contributed by atoms with Crippen molar-refractivity contribution < 1.29 is 35.9 Å². The van der Waals surface area contributed by atoms with E-state index in [2.05, 4.69) is 0 Å². The Kier molecular flexibility index (Phi) is 17.1. The third-order valence-corrected chi connectivity index (χ3v) is 15.8. The van der Waals surface area contributed by atoms with E-state index in [-0.39, 0.29) is 58.2 Å². The minimum Gasteiger partial charge on any atom is -0.372 e. The molecule has 4 atom stereocenters. The Labute approximate surface area is 370 Å². The number of carbonyl (C=O) groups is 2. The number of nitrogens with zero attached hydrogens (tertiary/aromatic N) is 2. The van der Waals surface area contributed by atoms with E-state index in [9.17, 15) is 26.4 Å². The van der Waals surface area contributed by atoms with Crippen LogP contribution >= 0.6 is 0 Å². The summed E-state index contributed by atoms with van der Waals surface area (Å²) in [6.07, 6.45) is 3.60. The summed E-state index contributed by atoms with van der Waals surface area (Å²) in [6, 6.07) is 31.3. The monoisotopic (exact) mass is 886 g/mol. The van der Waals surface area contributed by atoms with Gasteiger partial charge in [-0.3, -0.25) is 9.59 Å². The second kappa shape index (κ2) is 21.8. The molecular formula is C50H66N2O8S2. The topological polar surface area (TPSA) is 127 Å². The third kappa shape index (κ3) is 14.3. The van der Waals surface area contributed by atoms with E-state index in [0.717, 1.165) is 47.9 Å². The van der Waals surface area contributed by atoms with Crippen LogP contribution in [0.2, 0.25) is 0 Å². The molecule has 0 N–H and O–H groups in total. The number of rotatable bonds is 14. The predicted octanol–water partition coefficient (Wildman–Crippen LogP) is 8.09. The molecule has 2 fully saturated rings. The van der Waals surface area contributed by atoms with Crippen molar-refractivity contribution in [3.8, 4) is 0 Å². The molecule has 0 aromatic heterocycles. The second-order valence-corrected chi connectivity index (χ2v) is 22.8. The smallest absolute Gasteiger partial charge is 0.254 e. The van der Waals surface area contributed by atoms with Crippen LogP contribution in [0.1, 0.15) is 109 Å². The molecule has 2 aliphatic heterocycles. The van der Waals surface area contributed by atoms with E-state index in [1.807, 2.05) is 135 Å². The summed E-state index contributed by atoms with van der Waals surface area (Å²) < 4.78 is 59.8. The first-order chi connectivity index (χ1) is 29.3. The van der Waals surface area contributed by atoms with Crippen LogP contribution in [0.4, 0.5) is 0 Å². The van der Waals surface area contributed by atoms with E-state index >= 15 is 0 Å². The molecule has 0 unspecified atom stereocenters. The van der Waals surface area contributed by atoms with Gasteiger partial charge in [0.1, 0.15) is 0 Å². The van der Waals surface area contributed by atoms with Crippen LogP contribution in [0.5, 0.6) is 0 Å². The number of carbonyl (C=O) groups excluding carboxylic acids is 2. The molecule has 10 nitrogen and oxygen atoms in total. The molecule has 2 saturated heterocycles. The number of hydrogen-bond donors (Lipinski definition) is 0. The Bertz CT molecular complexity index is 2290. The molecule has 0 spiro atoms. The lowest BCUT2D eigenvalue weighted by Crippen LogP contribution is -2.48. The number of sulfone groups is 2. The lowest BCUT2D eigenvalue weighted by Gasteiger charge is -2.35.